The van der Waals surface area contributed by atoms with Crippen LogP contribution in [0.3, 0.4) is 0 Å². The molecule has 1 aliphatic carbocycles. The Hall–Kier alpha value is -2.94. The van der Waals surface area contributed by atoms with Crippen molar-refractivity contribution >= 4 is 23.0 Å². The van der Waals surface area contributed by atoms with Gasteiger partial charge in [0.25, 0.3) is 0 Å². The van der Waals surface area contributed by atoms with Crippen LogP contribution >= 0.6 is 11.3 Å². The number of likely N-dealkylation sites (tertiary alicyclic amines) is 1. The van der Waals surface area contributed by atoms with Crippen LogP contribution in [0.2, 0.25) is 0 Å². The van der Waals surface area contributed by atoms with Crippen LogP contribution in [0, 0.1) is 11.7 Å². The first kappa shape index (κ1) is 25.7. The molecule has 1 amide bonds. The molecular weight excluding hydrogens is 489 g/mol. The SMILES string of the molecule is N[C@H](C(=O)N1C[C@@H](OCc2ccccc2)C[C@H]1c1nc(C(=O)c2ccc(F)cc2)cs1)C1CCCCC1. The van der Waals surface area contributed by atoms with E-state index in [9.17, 15) is 14.0 Å². The Labute approximate surface area is 220 Å². The van der Waals surface area contributed by atoms with Gasteiger partial charge in [0.1, 0.15) is 16.5 Å². The Morgan fingerprint density at radius 1 is 1.08 bits per heavy atom. The van der Waals surface area contributed by atoms with Gasteiger partial charge < -0.3 is 15.4 Å². The molecule has 5 rings (SSSR count). The Morgan fingerprint density at radius 3 is 2.54 bits per heavy atom. The molecule has 2 fully saturated rings. The fourth-order valence-electron chi connectivity index (χ4n) is 5.36. The van der Waals surface area contributed by atoms with Gasteiger partial charge in [-0.2, -0.15) is 0 Å². The number of amides is 1. The third-order valence-electron chi connectivity index (χ3n) is 7.46. The lowest BCUT2D eigenvalue weighted by atomic mass is 9.83. The third-order valence-corrected chi connectivity index (χ3v) is 8.41. The predicted molar refractivity (Wildman–Crippen MR) is 141 cm³/mol. The molecule has 0 radical (unpaired) electrons. The van der Waals surface area contributed by atoms with E-state index in [-0.39, 0.29) is 29.8 Å². The molecule has 0 unspecified atom stereocenters. The molecule has 1 aromatic heterocycles. The number of nitrogens with two attached hydrogens (primary N) is 1. The molecule has 2 aromatic carbocycles. The Morgan fingerprint density at radius 2 is 1.81 bits per heavy atom. The van der Waals surface area contributed by atoms with Gasteiger partial charge in [-0.3, -0.25) is 9.59 Å². The van der Waals surface area contributed by atoms with E-state index < -0.39 is 11.9 Å². The molecule has 0 spiro atoms. The lowest BCUT2D eigenvalue weighted by molar-refractivity contribution is -0.135. The van der Waals surface area contributed by atoms with E-state index in [2.05, 4.69) is 4.98 Å². The standard InChI is InChI=1S/C29H32FN3O3S/c30-22-13-11-21(12-14-22)27(34)24-18-37-28(32-24)25-15-23(36-17-19-7-3-1-4-8-19)16-33(25)29(35)26(31)20-9-5-2-6-10-20/h1,3-4,7-8,11-14,18,20,23,25-26H,2,5-6,9-10,15-17,31H2/t23-,25-,26-/m0/s1. The molecule has 1 saturated heterocycles. The van der Waals surface area contributed by atoms with Crippen LogP contribution in [0.4, 0.5) is 4.39 Å². The fraction of sp³-hybridized carbons (Fsp3) is 0.414. The molecule has 37 heavy (non-hydrogen) atoms. The van der Waals surface area contributed by atoms with Crippen molar-refractivity contribution in [3.63, 3.8) is 0 Å². The van der Waals surface area contributed by atoms with Gasteiger partial charge in [-0.15, -0.1) is 11.3 Å². The molecule has 0 bridgehead atoms. The first-order valence-corrected chi connectivity index (χ1v) is 13.8. The summed E-state index contributed by atoms with van der Waals surface area (Å²) in [6.07, 6.45) is 5.81. The van der Waals surface area contributed by atoms with E-state index in [1.807, 2.05) is 35.2 Å². The van der Waals surface area contributed by atoms with Gasteiger partial charge in [-0.25, -0.2) is 9.37 Å². The number of rotatable bonds is 8. The number of thiazole rings is 1. The zero-order valence-corrected chi connectivity index (χ0v) is 21.5. The second kappa shape index (κ2) is 11.6. The third kappa shape index (κ3) is 5.98. The van der Waals surface area contributed by atoms with Crippen LogP contribution in [-0.2, 0) is 16.1 Å². The molecule has 3 aromatic rings. The summed E-state index contributed by atoms with van der Waals surface area (Å²) >= 11 is 1.36. The first-order valence-electron chi connectivity index (χ1n) is 13.0. The summed E-state index contributed by atoms with van der Waals surface area (Å²) in [6.45, 7) is 0.901. The Kier molecular flexibility index (Phi) is 8.08. The monoisotopic (exact) mass is 521 g/mol. The Bertz CT molecular complexity index is 1210. The number of ether oxygens (including phenoxy) is 1. The zero-order chi connectivity index (χ0) is 25.8. The van der Waals surface area contributed by atoms with Gasteiger partial charge in [-0.1, -0.05) is 49.6 Å². The van der Waals surface area contributed by atoms with Crippen molar-refractivity contribution in [2.75, 3.05) is 6.54 Å². The van der Waals surface area contributed by atoms with Crippen LogP contribution in [0.5, 0.6) is 0 Å². The van der Waals surface area contributed by atoms with Crippen LogP contribution in [0.1, 0.15) is 71.2 Å². The van der Waals surface area contributed by atoms with Gasteiger partial charge in [0.15, 0.2) is 0 Å². The van der Waals surface area contributed by atoms with Gasteiger partial charge in [0.05, 0.1) is 24.8 Å². The number of carbonyl (C=O) groups is 2. The largest absolute Gasteiger partial charge is 0.372 e. The molecule has 2 heterocycles. The van der Waals surface area contributed by atoms with E-state index in [0.717, 1.165) is 31.2 Å². The fourth-order valence-corrected chi connectivity index (χ4v) is 6.29. The molecule has 3 atom stereocenters. The topological polar surface area (TPSA) is 85.5 Å². The summed E-state index contributed by atoms with van der Waals surface area (Å²) in [5.74, 6) is -0.539. The maximum absolute atomic E-state index is 13.7. The molecule has 1 saturated carbocycles. The number of aromatic nitrogens is 1. The lowest BCUT2D eigenvalue weighted by Gasteiger charge is -2.32. The van der Waals surface area contributed by atoms with Gasteiger partial charge in [-0.05, 0) is 48.6 Å². The van der Waals surface area contributed by atoms with Crippen LogP contribution in [0.15, 0.2) is 60.0 Å². The van der Waals surface area contributed by atoms with Gasteiger partial charge in [0.2, 0.25) is 11.7 Å². The van der Waals surface area contributed by atoms with Crippen molar-refractivity contribution in [3.8, 4) is 0 Å². The summed E-state index contributed by atoms with van der Waals surface area (Å²) in [5.41, 5.74) is 8.28. The smallest absolute Gasteiger partial charge is 0.240 e. The summed E-state index contributed by atoms with van der Waals surface area (Å²) < 4.78 is 19.5. The average molecular weight is 522 g/mol. The minimum absolute atomic E-state index is 0.0654. The lowest BCUT2D eigenvalue weighted by Crippen LogP contribution is -2.48. The Balaban J connectivity index is 1.35. The molecule has 1 aliphatic heterocycles. The molecule has 8 heteroatoms. The van der Waals surface area contributed by atoms with Crippen molar-refractivity contribution in [3.05, 3.63) is 87.6 Å². The number of hydrogen-bond donors (Lipinski definition) is 1. The van der Waals surface area contributed by atoms with Crippen molar-refractivity contribution in [1.29, 1.82) is 0 Å². The second-order valence-corrected chi connectivity index (χ2v) is 10.9. The van der Waals surface area contributed by atoms with Crippen LogP contribution in [-0.4, -0.2) is 40.3 Å². The second-order valence-electron chi connectivity index (χ2n) is 9.99. The highest BCUT2D eigenvalue weighted by Crippen LogP contribution is 2.37. The van der Waals surface area contributed by atoms with Crippen molar-refractivity contribution in [1.82, 2.24) is 9.88 Å². The quantitative estimate of drug-likeness (QED) is 0.408. The minimum Gasteiger partial charge on any atom is -0.372 e. The normalized spacial score (nSPS) is 21.2. The van der Waals surface area contributed by atoms with E-state index >= 15 is 0 Å². The predicted octanol–water partition coefficient (Wildman–Crippen LogP) is 5.28. The molecular formula is C29H32FN3O3S. The number of halogens is 1. The number of hydrogen-bond acceptors (Lipinski definition) is 6. The zero-order valence-electron chi connectivity index (χ0n) is 20.7. The van der Waals surface area contributed by atoms with E-state index in [1.54, 1.807) is 5.38 Å². The van der Waals surface area contributed by atoms with Crippen LogP contribution < -0.4 is 5.73 Å². The summed E-state index contributed by atoms with van der Waals surface area (Å²) in [6, 6.07) is 14.5. The van der Waals surface area contributed by atoms with Gasteiger partial charge in [0, 0.05) is 23.9 Å². The maximum Gasteiger partial charge on any atom is 0.240 e. The van der Waals surface area contributed by atoms with Crippen LogP contribution in [0.25, 0.3) is 0 Å². The number of carbonyl (C=O) groups excluding carboxylic acids is 2. The number of nitrogens with zero attached hydrogens (tertiary/aromatic N) is 2. The highest BCUT2D eigenvalue weighted by Gasteiger charge is 2.41. The highest BCUT2D eigenvalue weighted by atomic mass is 32.1. The van der Waals surface area contributed by atoms with E-state index in [1.165, 1.54) is 42.0 Å². The molecule has 2 aliphatic rings. The average Bonchev–Trinajstić information content (AvgIpc) is 3.60. The summed E-state index contributed by atoms with van der Waals surface area (Å²) in [7, 11) is 0. The first-order chi connectivity index (χ1) is 18.0. The minimum atomic E-state index is -0.545. The highest BCUT2D eigenvalue weighted by molar-refractivity contribution is 7.10. The summed E-state index contributed by atoms with van der Waals surface area (Å²) in [4.78, 5) is 33.1. The molecule has 6 nitrogen and oxygen atoms in total. The van der Waals surface area contributed by atoms with Crippen molar-refractivity contribution in [2.24, 2.45) is 11.7 Å². The molecule has 194 valence electrons. The number of benzene rings is 2. The van der Waals surface area contributed by atoms with E-state index in [4.69, 9.17) is 10.5 Å². The molecule has 2 N–H and O–H groups in total. The van der Waals surface area contributed by atoms with E-state index in [0.29, 0.717) is 35.8 Å². The summed E-state index contributed by atoms with van der Waals surface area (Å²) in [5, 5.41) is 2.41. The van der Waals surface area contributed by atoms with Crippen molar-refractivity contribution in [2.45, 2.75) is 63.3 Å². The maximum atomic E-state index is 13.7. The van der Waals surface area contributed by atoms with Gasteiger partial charge >= 0.3 is 0 Å². The van der Waals surface area contributed by atoms with Crippen molar-refractivity contribution < 1.29 is 18.7 Å². The number of ketones is 1.